The minimum atomic E-state index is -2.94. The van der Waals surface area contributed by atoms with Crippen LogP contribution in [0.1, 0.15) is 16.8 Å². The molecule has 0 saturated carbocycles. The monoisotopic (exact) mass is 470 g/mol. The first kappa shape index (κ1) is 22.3. The molecule has 3 rings (SSSR count). The first-order valence-electron chi connectivity index (χ1n) is 8.83. The van der Waals surface area contributed by atoms with E-state index in [0.717, 1.165) is 16.8 Å². The van der Waals surface area contributed by atoms with E-state index in [4.69, 9.17) is 35.4 Å². The molecule has 1 heterocycles. The summed E-state index contributed by atoms with van der Waals surface area (Å²) in [5, 5.41) is 11.6. The number of ether oxygens (including phenoxy) is 1. The van der Waals surface area contributed by atoms with Gasteiger partial charge in [0.25, 0.3) is 0 Å². The molecule has 0 aliphatic rings. The summed E-state index contributed by atoms with van der Waals surface area (Å²) in [4.78, 5) is 0. The molecule has 0 amide bonds. The van der Waals surface area contributed by atoms with Crippen molar-refractivity contribution in [3.63, 3.8) is 0 Å². The zero-order chi connectivity index (χ0) is 21.8. The SMILES string of the molecule is Cc1ccc(OC(F)F)c(NC(=S)Nc2cc(C)n(Cc3ccc(Cl)cc3Cl)n2)c1. The number of benzene rings is 2. The number of hydrogen-bond donors (Lipinski definition) is 2. The largest absolute Gasteiger partial charge is 0.433 e. The molecule has 0 radical (unpaired) electrons. The number of nitrogens with one attached hydrogen (secondary N) is 2. The molecule has 2 N–H and O–H groups in total. The predicted molar refractivity (Wildman–Crippen MR) is 120 cm³/mol. The van der Waals surface area contributed by atoms with Crippen LogP contribution < -0.4 is 15.4 Å². The second kappa shape index (κ2) is 9.59. The summed E-state index contributed by atoms with van der Waals surface area (Å²) in [5.74, 6) is 0.498. The van der Waals surface area contributed by atoms with Crippen molar-refractivity contribution < 1.29 is 13.5 Å². The molecule has 5 nitrogen and oxygen atoms in total. The molecule has 3 aromatic rings. The van der Waals surface area contributed by atoms with Gasteiger partial charge in [0, 0.05) is 21.8 Å². The van der Waals surface area contributed by atoms with Crippen molar-refractivity contribution in [1.29, 1.82) is 0 Å². The van der Waals surface area contributed by atoms with E-state index >= 15 is 0 Å². The van der Waals surface area contributed by atoms with Crippen LogP contribution in [0.2, 0.25) is 10.0 Å². The number of alkyl halides is 2. The van der Waals surface area contributed by atoms with Crippen LogP contribution in [0.5, 0.6) is 5.75 Å². The van der Waals surface area contributed by atoms with Crippen molar-refractivity contribution in [2.24, 2.45) is 0 Å². The maximum atomic E-state index is 12.6. The minimum Gasteiger partial charge on any atom is -0.433 e. The van der Waals surface area contributed by atoms with Crippen LogP contribution in [0.25, 0.3) is 0 Å². The Kier molecular flexibility index (Phi) is 7.12. The van der Waals surface area contributed by atoms with Gasteiger partial charge in [-0.2, -0.15) is 13.9 Å². The number of aromatic nitrogens is 2. The van der Waals surface area contributed by atoms with Gasteiger partial charge in [0.2, 0.25) is 0 Å². The summed E-state index contributed by atoms with van der Waals surface area (Å²) in [6.07, 6.45) is 0. The fourth-order valence-corrected chi connectivity index (χ4v) is 3.44. The Balaban J connectivity index is 1.71. The quantitative estimate of drug-likeness (QED) is 0.416. The molecule has 158 valence electrons. The summed E-state index contributed by atoms with van der Waals surface area (Å²) < 4.78 is 31.6. The predicted octanol–water partition coefficient (Wildman–Crippen LogP) is 6.27. The van der Waals surface area contributed by atoms with Crippen LogP contribution in [0.15, 0.2) is 42.5 Å². The number of thiocarbonyl (C=S) groups is 1. The third-order valence-corrected chi connectivity index (χ3v) is 4.95. The highest BCUT2D eigenvalue weighted by Crippen LogP contribution is 2.27. The molecule has 0 fully saturated rings. The van der Waals surface area contributed by atoms with E-state index in [1.54, 1.807) is 28.9 Å². The van der Waals surface area contributed by atoms with E-state index in [-0.39, 0.29) is 10.9 Å². The third kappa shape index (κ3) is 5.81. The highest BCUT2D eigenvalue weighted by atomic mass is 35.5. The van der Waals surface area contributed by atoms with Crippen molar-refractivity contribution in [3.05, 3.63) is 69.3 Å². The molecule has 0 aliphatic carbocycles. The number of rotatable bonds is 6. The Bertz CT molecular complexity index is 1070. The lowest BCUT2D eigenvalue weighted by Gasteiger charge is -2.14. The number of halogens is 4. The summed E-state index contributed by atoms with van der Waals surface area (Å²) in [6, 6.07) is 11.9. The fourth-order valence-electron chi connectivity index (χ4n) is 2.75. The zero-order valence-electron chi connectivity index (χ0n) is 16.0. The van der Waals surface area contributed by atoms with E-state index < -0.39 is 6.61 Å². The Hall–Kier alpha value is -2.42. The van der Waals surface area contributed by atoms with Gasteiger partial charge in [0.15, 0.2) is 10.9 Å². The van der Waals surface area contributed by atoms with Crippen LogP contribution in [-0.4, -0.2) is 21.5 Å². The number of hydrogen-bond acceptors (Lipinski definition) is 3. The normalized spacial score (nSPS) is 10.9. The minimum absolute atomic E-state index is 0.00107. The summed E-state index contributed by atoms with van der Waals surface area (Å²) in [6.45, 7) is 1.25. The van der Waals surface area contributed by atoms with Gasteiger partial charge in [0.1, 0.15) is 5.75 Å². The highest BCUT2D eigenvalue weighted by Gasteiger charge is 2.13. The van der Waals surface area contributed by atoms with Crippen LogP contribution in [0.3, 0.4) is 0 Å². The molecule has 0 bridgehead atoms. The van der Waals surface area contributed by atoms with Crippen molar-refractivity contribution in [3.8, 4) is 5.75 Å². The first-order valence-corrected chi connectivity index (χ1v) is 9.99. The molecule has 0 spiro atoms. The number of nitrogens with zero attached hydrogens (tertiary/aromatic N) is 2. The van der Waals surface area contributed by atoms with E-state index in [2.05, 4.69) is 20.5 Å². The molecule has 0 saturated heterocycles. The van der Waals surface area contributed by atoms with Gasteiger partial charge in [-0.05, 0) is 61.5 Å². The molecule has 0 aliphatic heterocycles. The van der Waals surface area contributed by atoms with Gasteiger partial charge in [-0.1, -0.05) is 35.3 Å². The van der Waals surface area contributed by atoms with Crippen molar-refractivity contribution in [2.75, 3.05) is 10.6 Å². The van der Waals surface area contributed by atoms with Crippen molar-refractivity contribution >= 4 is 52.0 Å². The van der Waals surface area contributed by atoms with Crippen LogP contribution in [0, 0.1) is 13.8 Å². The number of aryl methyl sites for hydroxylation is 2. The van der Waals surface area contributed by atoms with Gasteiger partial charge in [-0.15, -0.1) is 0 Å². The Morgan fingerprint density at radius 2 is 1.90 bits per heavy atom. The molecule has 1 aromatic heterocycles. The lowest BCUT2D eigenvalue weighted by Crippen LogP contribution is -2.20. The Morgan fingerprint density at radius 1 is 1.13 bits per heavy atom. The smallest absolute Gasteiger partial charge is 0.387 e. The molecule has 10 heteroatoms. The molecule has 0 atom stereocenters. The third-order valence-electron chi connectivity index (χ3n) is 4.16. The zero-order valence-corrected chi connectivity index (χ0v) is 18.4. The number of anilines is 2. The summed E-state index contributed by atoms with van der Waals surface area (Å²) in [5.41, 5.74) is 2.94. The van der Waals surface area contributed by atoms with Gasteiger partial charge in [0.05, 0.1) is 12.2 Å². The standard InChI is InChI=1S/C20H18Cl2F2N4OS/c1-11-3-6-17(29-19(23)24)16(7-11)25-20(30)26-18-8-12(2)28(27-18)10-13-4-5-14(21)9-15(13)22/h3-9,19H,10H2,1-2H3,(H2,25,26,27,30). The Morgan fingerprint density at radius 3 is 2.60 bits per heavy atom. The van der Waals surface area contributed by atoms with E-state index in [0.29, 0.717) is 28.1 Å². The van der Waals surface area contributed by atoms with Crippen LogP contribution in [-0.2, 0) is 6.54 Å². The van der Waals surface area contributed by atoms with Gasteiger partial charge >= 0.3 is 6.61 Å². The van der Waals surface area contributed by atoms with Crippen LogP contribution >= 0.6 is 35.4 Å². The highest BCUT2D eigenvalue weighted by molar-refractivity contribution is 7.80. The molecular weight excluding hydrogens is 453 g/mol. The average Bonchev–Trinajstić information content (AvgIpc) is 2.98. The van der Waals surface area contributed by atoms with Crippen LogP contribution in [0.4, 0.5) is 20.3 Å². The maximum Gasteiger partial charge on any atom is 0.387 e. The van der Waals surface area contributed by atoms with E-state index in [9.17, 15) is 8.78 Å². The lowest BCUT2D eigenvalue weighted by molar-refractivity contribution is -0.0493. The van der Waals surface area contributed by atoms with E-state index in [1.807, 2.05) is 26.0 Å². The maximum absolute atomic E-state index is 12.6. The second-order valence-electron chi connectivity index (χ2n) is 6.52. The molecular formula is C20H18Cl2F2N4OS. The van der Waals surface area contributed by atoms with Gasteiger partial charge in [-0.25, -0.2) is 0 Å². The van der Waals surface area contributed by atoms with Crippen molar-refractivity contribution in [2.45, 2.75) is 27.0 Å². The summed E-state index contributed by atoms with van der Waals surface area (Å²) in [7, 11) is 0. The molecule has 30 heavy (non-hydrogen) atoms. The topological polar surface area (TPSA) is 51.1 Å². The molecule has 2 aromatic carbocycles. The fraction of sp³-hybridized carbons (Fsp3) is 0.200. The lowest BCUT2D eigenvalue weighted by atomic mass is 10.2. The first-order chi connectivity index (χ1) is 14.2. The van der Waals surface area contributed by atoms with Gasteiger partial charge < -0.3 is 15.4 Å². The summed E-state index contributed by atoms with van der Waals surface area (Å²) >= 11 is 17.5. The van der Waals surface area contributed by atoms with E-state index in [1.165, 1.54) is 6.07 Å². The molecule has 0 unspecified atom stereocenters. The second-order valence-corrected chi connectivity index (χ2v) is 7.77. The average molecular weight is 471 g/mol. The van der Waals surface area contributed by atoms with Gasteiger partial charge in [-0.3, -0.25) is 4.68 Å². The van der Waals surface area contributed by atoms with Crippen molar-refractivity contribution in [1.82, 2.24) is 9.78 Å². The Labute approximate surface area is 187 Å².